The molecule has 1 N–H and O–H groups in total. The fourth-order valence-corrected chi connectivity index (χ4v) is 2.14. The lowest BCUT2D eigenvalue weighted by Crippen LogP contribution is -2.22. The van der Waals surface area contributed by atoms with E-state index in [4.69, 9.17) is 4.42 Å². The number of furan rings is 1. The van der Waals surface area contributed by atoms with Crippen molar-refractivity contribution in [1.29, 1.82) is 0 Å². The fourth-order valence-electron chi connectivity index (χ4n) is 2.14. The van der Waals surface area contributed by atoms with Crippen molar-refractivity contribution in [3.8, 4) is 0 Å². The van der Waals surface area contributed by atoms with Crippen molar-refractivity contribution in [1.82, 2.24) is 4.90 Å². The quantitative estimate of drug-likeness (QED) is 0.625. The van der Waals surface area contributed by atoms with E-state index in [0.717, 1.165) is 31.3 Å². The minimum Gasteiger partial charge on any atom is -0.395 e. The Morgan fingerprint density at radius 1 is 1.17 bits per heavy atom. The lowest BCUT2D eigenvalue weighted by atomic mass is 10.2. The van der Waals surface area contributed by atoms with Crippen LogP contribution in [0.4, 0.5) is 11.6 Å². The standard InChI is InChI=1S/C16H19N3O4/c1-3-18(4-2)11-12-5-7-13(8-6-12)17-16(20)14-9-10-15(23-14)19(21)22/h5-10H,3-4,11H2,1-2H3,(H,17,20). The van der Waals surface area contributed by atoms with Gasteiger partial charge in [0.15, 0.2) is 5.76 Å². The zero-order chi connectivity index (χ0) is 16.8. The summed E-state index contributed by atoms with van der Waals surface area (Å²) in [5.74, 6) is -1.07. The fraction of sp³-hybridized carbons (Fsp3) is 0.312. The maximum Gasteiger partial charge on any atom is 0.433 e. The number of hydrogen-bond donors (Lipinski definition) is 1. The molecule has 2 rings (SSSR count). The highest BCUT2D eigenvalue weighted by atomic mass is 16.6. The van der Waals surface area contributed by atoms with Gasteiger partial charge in [0.2, 0.25) is 0 Å². The van der Waals surface area contributed by atoms with Crippen molar-refractivity contribution in [2.45, 2.75) is 20.4 Å². The third kappa shape index (κ3) is 4.40. The summed E-state index contributed by atoms with van der Waals surface area (Å²) < 4.78 is 4.87. The van der Waals surface area contributed by atoms with Crippen molar-refractivity contribution in [3.05, 3.63) is 57.8 Å². The molecule has 0 aliphatic rings. The van der Waals surface area contributed by atoms with E-state index in [2.05, 4.69) is 24.1 Å². The Hall–Kier alpha value is -2.67. The molecular weight excluding hydrogens is 298 g/mol. The number of nitro groups is 1. The van der Waals surface area contributed by atoms with Crippen LogP contribution in [0.5, 0.6) is 0 Å². The smallest absolute Gasteiger partial charge is 0.395 e. The summed E-state index contributed by atoms with van der Waals surface area (Å²) in [5.41, 5.74) is 1.76. The zero-order valence-electron chi connectivity index (χ0n) is 13.1. The molecule has 1 amide bonds. The molecule has 0 atom stereocenters. The van der Waals surface area contributed by atoms with Gasteiger partial charge in [0.05, 0.1) is 6.07 Å². The van der Waals surface area contributed by atoms with Crippen LogP contribution >= 0.6 is 0 Å². The first-order valence-electron chi connectivity index (χ1n) is 7.40. The first-order chi connectivity index (χ1) is 11.0. The van der Waals surface area contributed by atoms with Gasteiger partial charge in [-0.3, -0.25) is 19.8 Å². The van der Waals surface area contributed by atoms with Crippen molar-refractivity contribution in [2.75, 3.05) is 18.4 Å². The molecule has 2 aromatic rings. The molecule has 7 heteroatoms. The minimum atomic E-state index is -0.682. The molecule has 1 aromatic carbocycles. The Morgan fingerprint density at radius 2 is 1.83 bits per heavy atom. The molecule has 1 aromatic heterocycles. The van der Waals surface area contributed by atoms with Gasteiger partial charge in [0.25, 0.3) is 5.91 Å². The zero-order valence-corrected chi connectivity index (χ0v) is 13.1. The second kappa shape index (κ2) is 7.55. The van der Waals surface area contributed by atoms with E-state index in [0.29, 0.717) is 5.69 Å². The third-order valence-electron chi connectivity index (χ3n) is 3.51. The van der Waals surface area contributed by atoms with E-state index in [-0.39, 0.29) is 5.76 Å². The number of nitrogens with one attached hydrogen (secondary N) is 1. The Bertz CT molecular complexity index is 675. The summed E-state index contributed by atoms with van der Waals surface area (Å²) in [6.07, 6.45) is 0. The number of rotatable bonds is 7. The third-order valence-corrected chi connectivity index (χ3v) is 3.51. The van der Waals surface area contributed by atoms with E-state index in [1.54, 1.807) is 12.1 Å². The Balaban J connectivity index is 1.99. The second-order valence-corrected chi connectivity index (χ2v) is 5.01. The van der Waals surface area contributed by atoms with Crippen LogP contribution in [0.1, 0.15) is 30.0 Å². The van der Waals surface area contributed by atoms with Gasteiger partial charge in [-0.1, -0.05) is 26.0 Å². The molecule has 0 saturated carbocycles. The highest BCUT2D eigenvalue weighted by molar-refractivity contribution is 6.02. The number of benzene rings is 1. The molecule has 0 fully saturated rings. The first-order valence-corrected chi connectivity index (χ1v) is 7.40. The minimum absolute atomic E-state index is 0.0936. The SMILES string of the molecule is CCN(CC)Cc1ccc(NC(=O)c2ccc([N+](=O)[O-])o2)cc1. The van der Waals surface area contributed by atoms with Crippen LogP contribution < -0.4 is 5.32 Å². The number of carbonyl (C=O) groups excluding carboxylic acids is 1. The molecule has 0 bridgehead atoms. The van der Waals surface area contributed by atoms with E-state index >= 15 is 0 Å². The maximum absolute atomic E-state index is 12.0. The van der Waals surface area contributed by atoms with Gasteiger partial charge in [-0.2, -0.15) is 0 Å². The topological polar surface area (TPSA) is 88.6 Å². The number of carbonyl (C=O) groups is 1. The van der Waals surface area contributed by atoms with Gasteiger partial charge in [0.1, 0.15) is 4.92 Å². The Kier molecular flexibility index (Phi) is 5.48. The van der Waals surface area contributed by atoms with Crippen LogP contribution in [0.3, 0.4) is 0 Å². The lowest BCUT2D eigenvalue weighted by molar-refractivity contribution is -0.402. The van der Waals surface area contributed by atoms with Crippen molar-refractivity contribution >= 4 is 17.5 Å². The van der Waals surface area contributed by atoms with Crippen LogP contribution in [0.15, 0.2) is 40.8 Å². The van der Waals surface area contributed by atoms with Crippen LogP contribution in [0.25, 0.3) is 0 Å². The average Bonchev–Trinajstić information content (AvgIpc) is 3.04. The second-order valence-electron chi connectivity index (χ2n) is 5.01. The first kappa shape index (κ1) is 16.7. The van der Waals surface area contributed by atoms with Gasteiger partial charge < -0.3 is 9.73 Å². The van der Waals surface area contributed by atoms with E-state index in [1.807, 2.05) is 12.1 Å². The molecule has 0 radical (unpaired) electrons. The number of anilines is 1. The number of hydrogen-bond acceptors (Lipinski definition) is 5. The van der Waals surface area contributed by atoms with Crippen molar-refractivity contribution in [2.24, 2.45) is 0 Å². The summed E-state index contributed by atoms with van der Waals surface area (Å²) in [4.78, 5) is 24.1. The summed E-state index contributed by atoms with van der Waals surface area (Å²) >= 11 is 0. The predicted octanol–water partition coefficient (Wildman–Crippen LogP) is 3.28. The van der Waals surface area contributed by atoms with E-state index < -0.39 is 16.7 Å². The summed E-state index contributed by atoms with van der Waals surface area (Å²) in [6, 6.07) is 9.92. The maximum atomic E-state index is 12.0. The van der Waals surface area contributed by atoms with E-state index in [9.17, 15) is 14.9 Å². The average molecular weight is 317 g/mol. The molecular formula is C16H19N3O4. The molecule has 0 unspecified atom stereocenters. The van der Waals surface area contributed by atoms with Crippen molar-refractivity contribution in [3.63, 3.8) is 0 Å². The highest BCUT2D eigenvalue weighted by Gasteiger charge is 2.17. The van der Waals surface area contributed by atoms with E-state index in [1.165, 1.54) is 6.07 Å². The van der Waals surface area contributed by atoms with Crippen LogP contribution in [0, 0.1) is 10.1 Å². The molecule has 0 saturated heterocycles. The Labute approximate surface area is 134 Å². The van der Waals surface area contributed by atoms with Gasteiger partial charge in [0, 0.05) is 12.2 Å². The van der Waals surface area contributed by atoms with Crippen LogP contribution in [-0.2, 0) is 6.54 Å². The molecule has 1 heterocycles. The van der Waals surface area contributed by atoms with Gasteiger partial charge in [-0.05, 0) is 36.9 Å². The largest absolute Gasteiger partial charge is 0.433 e. The monoisotopic (exact) mass is 317 g/mol. The van der Waals surface area contributed by atoms with Crippen LogP contribution in [0.2, 0.25) is 0 Å². The van der Waals surface area contributed by atoms with Gasteiger partial charge >= 0.3 is 5.88 Å². The molecule has 23 heavy (non-hydrogen) atoms. The summed E-state index contributed by atoms with van der Waals surface area (Å²) in [5, 5.41) is 13.2. The molecule has 0 spiro atoms. The Morgan fingerprint density at radius 3 is 2.35 bits per heavy atom. The predicted molar refractivity (Wildman–Crippen MR) is 86.4 cm³/mol. The normalized spacial score (nSPS) is 10.7. The highest BCUT2D eigenvalue weighted by Crippen LogP contribution is 2.18. The van der Waals surface area contributed by atoms with Crippen molar-refractivity contribution < 1.29 is 14.1 Å². The molecule has 122 valence electrons. The summed E-state index contributed by atoms with van der Waals surface area (Å²) in [7, 11) is 0. The number of nitrogens with zero attached hydrogens (tertiary/aromatic N) is 2. The number of amides is 1. The van der Waals surface area contributed by atoms with Gasteiger partial charge in [-0.15, -0.1) is 0 Å². The lowest BCUT2D eigenvalue weighted by Gasteiger charge is -2.18. The molecule has 0 aliphatic carbocycles. The summed E-state index contributed by atoms with van der Waals surface area (Å²) in [6.45, 7) is 7.03. The van der Waals surface area contributed by atoms with Crippen LogP contribution in [-0.4, -0.2) is 28.8 Å². The molecule has 7 nitrogen and oxygen atoms in total. The molecule has 0 aliphatic heterocycles. The van der Waals surface area contributed by atoms with Gasteiger partial charge in [-0.25, -0.2) is 0 Å².